The molecule has 0 radical (unpaired) electrons. The SMILES string of the molecule is OC(CC1OCCc2ccccc21)c1ccc(F)c(F)c1. The number of fused-ring (bicyclic) bond motifs is 1. The highest BCUT2D eigenvalue weighted by molar-refractivity contribution is 5.31. The van der Waals surface area contributed by atoms with E-state index in [1.807, 2.05) is 18.2 Å². The van der Waals surface area contributed by atoms with Gasteiger partial charge in [-0.25, -0.2) is 8.78 Å². The van der Waals surface area contributed by atoms with E-state index in [0.29, 0.717) is 18.6 Å². The Morgan fingerprint density at radius 2 is 1.95 bits per heavy atom. The molecular weight excluding hydrogens is 274 g/mol. The minimum Gasteiger partial charge on any atom is -0.388 e. The Hall–Kier alpha value is -1.78. The van der Waals surface area contributed by atoms with Gasteiger partial charge in [0.15, 0.2) is 11.6 Å². The predicted octanol–water partition coefficient (Wildman–Crippen LogP) is 3.70. The second kappa shape index (κ2) is 5.92. The Labute approximate surface area is 122 Å². The number of ether oxygens (including phenoxy) is 1. The van der Waals surface area contributed by atoms with E-state index in [1.165, 1.54) is 11.6 Å². The van der Waals surface area contributed by atoms with Crippen LogP contribution in [0, 0.1) is 11.6 Å². The van der Waals surface area contributed by atoms with Crippen LogP contribution in [0.5, 0.6) is 0 Å². The molecule has 2 atom stereocenters. The monoisotopic (exact) mass is 290 g/mol. The lowest BCUT2D eigenvalue weighted by molar-refractivity contribution is 0.00369. The lowest BCUT2D eigenvalue weighted by Gasteiger charge is -2.27. The van der Waals surface area contributed by atoms with Crippen molar-refractivity contribution in [3.63, 3.8) is 0 Å². The number of benzene rings is 2. The van der Waals surface area contributed by atoms with Gasteiger partial charge in [0.05, 0.1) is 18.8 Å². The maximum Gasteiger partial charge on any atom is 0.159 e. The van der Waals surface area contributed by atoms with Crippen molar-refractivity contribution >= 4 is 0 Å². The van der Waals surface area contributed by atoms with Crippen LogP contribution >= 0.6 is 0 Å². The van der Waals surface area contributed by atoms with E-state index in [4.69, 9.17) is 4.74 Å². The summed E-state index contributed by atoms with van der Waals surface area (Å²) in [7, 11) is 0. The number of hydrogen-bond donors (Lipinski definition) is 1. The first-order chi connectivity index (χ1) is 10.1. The molecule has 0 amide bonds. The van der Waals surface area contributed by atoms with Gasteiger partial charge in [-0.15, -0.1) is 0 Å². The first kappa shape index (κ1) is 14.2. The molecular formula is C17H16F2O2. The lowest BCUT2D eigenvalue weighted by atomic mass is 9.92. The molecule has 2 unspecified atom stereocenters. The fourth-order valence-corrected chi connectivity index (χ4v) is 2.73. The van der Waals surface area contributed by atoms with Gasteiger partial charge in [0, 0.05) is 6.42 Å². The van der Waals surface area contributed by atoms with Crippen molar-refractivity contribution < 1.29 is 18.6 Å². The van der Waals surface area contributed by atoms with Gasteiger partial charge in [-0.3, -0.25) is 0 Å². The number of rotatable bonds is 3. The third kappa shape index (κ3) is 2.96. The molecule has 0 saturated carbocycles. The normalized spacial score (nSPS) is 19.1. The van der Waals surface area contributed by atoms with Gasteiger partial charge < -0.3 is 9.84 Å². The van der Waals surface area contributed by atoms with Gasteiger partial charge in [-0.05, 0) is 35.2 Å². The van der Waals surface area contributed by atoms with Gasteiger partial charge in [0.25, 0.3) is 0 Å². The van der Waals surface area contributed by atoms with Crippen molar-refractivity contribution in [2.24, 2.45) is 0 Å². The van der Waals surface area contributed by atoms with E-state index in [1.54, 1.807) is 0 Å². The van der Waals surface area contributed by atoms with Gasteiger partial charge >= 0.3 is 0 Å². The lowest BCUT2D eigenvalue weighted by Crippen LogP contribution is -2.18. The minimum absolute atomic E-state index is 0.224. The van der Waals surface area contributed by atoms with Crippen LogP contribution in [-0.2, 0) is 11.2 Å². The summed E-state index contributed by atoms with van der Waals surface area (Å²) in [5, 5.41) is 10.2. The van der Waals surface area contributed by atoms with Crippen molar-refractivity contribution in [1.29, 1.82) is 0 Å². The maximum atomic E-state index is 13.2. The molecule has 3 rings (SSSR count). The van der Waals surface area contributed by atoms with Crippen LogP contribution in [0.1, 0.15) is 35.3 Å². The number of hydrogen-bond acceptors (Lipinski definition) is 2. The van der Waals surface area contributed by atoms with Crippen LogP contribution in [0.15, 0.2) is 42.5 Å². The molecule has 0 bridgehead atoms. The Morgan fingerprint density at radius 3 is 2.76 bits per heavy atom. The summed E-state index contributed by atoms with van der Waals surface area (Å²) in [5.41, 5.74) is 2.64. The van der Waals surface area contributed by atoms with Crippen LogP contribution < -0.4 is 0 Å². The number of aliphatic hydroxyl groups excluding tert-OH is 1. The van der Waals surface area contributed by atoms with E-state index in [9.17, 15) is 13.9 Å². The third-order valence-electron chi connectivity index (χ3n) is 3.86. The molecule has 110 valence electrons. The van der Waals surface area contributed by atoms with Crippen molar-refractivity contribution in [1.82, 2.24) is 0 Å². The minimum atomic E-state index is -0.948. The summed E-state index contributed by atoms with van der Waals surface area (Å²) < 4.78 is 31.9. The third-order valence-corrected chi connectivity index (χ3v) is 3.86. The predicted molar refractivity (Wildman–Crippen MR) is 74.8 cm³/mol. The van der Waals surface area contributed by atoms with Crippen LogP contribution in [0.25, 0.3) is 0 Å². The molecule has 0 spiro atoms. The Kier molecular flexibility index (Phi) is 3.99. The molecule has 1 N–H and O–H groups in total. The van der Waals surface area contributed by atoms with Crippen LogP contribution in [0.3, 0.4) is 0 Å². The van der Waals surface area contributed by atoms with Crippen molar-refractivity contribution in [2.45, 2.75) is 25.0 Å². The smallest absolute Gasteiger partial charge is 0.159 e. The summed E-state index contributed by atoms with van der Waals surface area (Å²) >= 11 is 0. The van der Waals surface area contributed by atoms with E-state index in [0.717, 1.165) is 24.1 Å². The summed E-state index contributed by atoms with van der Waals surface area (Å²) in [6.45, 7) is 0.603. The molecule has 1 aliphatic heterocycles. The van der Waals surface area contributed by atoms with Gasteiger partial charge in [-0.1, -0.05) is 30.3 Å². The highest BCUT2D eigenvalue weighted by Crippen LogP contribution is 2.34. The Morgan fingerprint density at radius 1 is 1.14 bits per heavy atom. The zero-order valence-corrected chi connectivity index (χ0v) is 11.4. The molecule has 2 nitrogen and oxygen atoms in total. The summed E-state index contributed by atoms with van der Waals surface area (Å²) in [4.78, 5) is 0. The topological polar surface area (TPSA) is 29.5 Å². The average molecular weight is 290 g/mol. The number of halogens is 2. The molecule has 0 aliphatic carbocycles. The molecule has 2 aromatic carbocycles. The molecule has 0 saturated heterocycles. The van der Waals surface area contributed by atoms with Crippen LogP contribution in [0.2, 0.25) is 0 Å². The Bertz CT molecular complexity index is 642. The Balaban J connectivity index is 1.79. The zero-order chi connectivity index (χ0) is 14.8. The second-order valence-electron chi connectivity index (χ2n) is 5.23. The second-order valence-corrected chi connectivity index (χ2v) is 5.23. The van der Waals surface area contributed by atoms with Crippen molar-refractivity contribution in [3.05, 3.63) is 70.8 Å². The highest BCUT2D eigenvalue weighted by Gasteiger charge is 2.24. The summed E-state index contributed by atoms with van der Waals surface area (Å²) in [5.74, 6) is -1.86. The molecule has 21 heavy (non-hydrogen) atoms. The molecule has 1 aliphatic rings. The van der Waals surface area contributed by atoms with Crippen molar-refractivity contribution in [2.75, 3.05) is 6.61 Å². The first-order valence-corrected chi connectivity index (χ1v) is 6.97. The van der Waals surface area contributed by atoms with E-state index in [-0.39, 0.29) is 6.10 Å². The van der Waals surface area contributed by atoms with Crippen LogP contribution in [0.4, 0.5) is 8.78 Å². The summed E-state index contributed by atoms with van der Waals surface area (Å²) in [6, 6.07) is 11.4. The van der Waals surface area contributed by atoms with Crippen LogP contribution in [-0.4, -0.2) is 11.7 Å². The maximum absolute atomic E-state index is 13.2. The van der Waals surface area contributed by atoms with E-state index >= 15 is 0 Å². The molecule has 0 aromatic heterocycles. The highest BCUT2D eigenvalue weighted by atomic mass is 19.2. The largest absolute Gasteiger partial charge is 0.388 e. The molecule has 2 aromatic rings. The number of aliphatic hydroxyl groups is 1. The molecule has 4 heteroatoms. The standard InChI is InChI=1S/C17H16F2O2/c18-14-6-5-12(9-15(14)19)16(20)10-17-13-4-2-1-3-11(13)7-8-21-17/h1-6,9,16-17,20H,7-8,10H2. The fraction of sp³-hybridized carbons (Fsp3) is 0.294. The van der Waals surface area contributed by atoms with Gasteiger partial charge in [-0.2, -0.15) is 0 Å². The first-order valence-electron chi connectivity index (χ1n) is 6.97. The fourth-order valence-electron chi connectivity index (χ4n) is 2.73. The quantitative estimate of drug-likeness (QED) is 0.934. The molecule has 0 fully saturated rings. The van der Waals surface area contributed by atoms with Gasteiger partial charge in [0.2, 0.25) is 0 Å². The molecule has 1 heterocycles. The van der Waals surface area contributed by atoms with E-state index < -0.39 is 17.7 Å². The zero-order valence-electron chi connectivity index (χ0n) is 11.4. The van der Waals surface area contributed by atoms with E-state index in [2.05, 4.69) is 6.07 Å². The average Bonchev–Trinajstić information content (AvgIpc) is 2.50. The summed E-state index contributed by atoms with van der Waals surface area (Å²) in [6.07, 6.45) is 0.0602. The van der Waals surface area contributed by atoms with Gasteiger partial charge in [0.1, 0.15) is 0 Å². The van der Waals surface area contributed by atoms with Crippen molar-refractivity contribution in [3.8, 4) is 0 Å².